The Labute approximate surface area is 118 Å². The zero-order chi connectivity index (χ0) is 13.9. The number of anilines is 2. The maximum atomic E-state index is 9.26. The second kappa shape index (κ2) is 5.22. The fraction of sp³-hybridized carbons (Fsp3) is 0.250. The van der Waals surface area contributed by atoms with E-state index in [0.29, 0.717) is 11.4 Å². The molecule has 4 heteroatoms. The highest BCUT2D eigenvalue weighted by Crippen LogP contribution is 2.27. The fourth-order valence-corrected chi connectivity index (χ4v) is 2.46. The van der Waals surface area contributed by atoms with Gasteiger partial charge in [0.2, 0.25) is 0 Å². The van der Waals surface area contributed by atoms with Gasteiger partial charge in [0.25, 0.3) is 0 Å². The number of nitrogens with zero attached hydrogens (tertiary/aromatic N) is 2. The third-order valence-electron chi connectivity index (χ3n) is 3.52. The second-order valence-electron chi connectivity index (χ2n) is 4.81. The number of rotatable bonds is 3. The molecule has 0 spiro atoms. The summed E-state index contributed by atoms with van der Waals surface area (Å²) in [7, 11) is 1.64. The van der Waals surface area contributed by atoms with Crippen molar-refractivity contribution >= 4 is 11.5 Å². The third kappa shape index (κ3) is 2.30. The first kappa shape index (κ1) is 12.5. The van der Waals surface area contributed by atoms with Crippen LogP contribution in [0.5, 0.6) is 5.75 Å². The molecule has 4 nitrogen and oxygen atoms in total. The largest absolute Gasteiger partial charge is 0.497 e. The summed E-state index contributed by atoms with van der Waals surface area (Å²) in [6, 6.07) is 11.8. The van der Waals surface area contributed by atoms with Gasteiger partial charge in [-0.05, 0) is 55.2 Å². The van der Waals surface area contributed by atoms with Crippen molar-refractivity contribution in [3.8, 4) is 11.8 Å². The van der Waals surface area contributed by atoms with Crippen molar-refractivity contribution < 1.29 is 4.74 Å². The predicted molar refractivity (Wildman–Crippen MR) is 77.3 cm³/mol. The maximum absolute atomic E-state index is 9.26. The van der Waals surface area contributed by atoms with Crippen LogP contribution in [0.2, 0.25) is 0 Å². The molecule has 1 aliphatic carbocycles. The smallest absolute Gasteiger partial charge is 0.148 e. The maximum Gasteiger partial charge on any atom is 0.148 e. The van der Waals surface area contributed by atoms with E-state index in [1.165, 1.54) is 5.56 Å². The highest BCUT2D eigenvalue weighted by atomic mass is 16.5. The van der Waals surface area contributed by atoms with Crippen molar-refractivity contribution in [2.75, 3.05) is 12.4 Å². The monoisotopic (exact) mass is 265 g/mol. The van der Waals surface area contributed by atoms with E-state index in [0.717, 1.165) is 36.4 Å². The molecule has 0 radical (unpaired) electrons. The zero-order valence-corrected chi connectivity index (χ0v) is 11.3. The first-order valence-corrected chi connectivity index (χ1v) is 6.64. The van der Waals surface area contributed by atoms with E-state index in [1.54, 1.807) is 7.11 Å². The third-order valence-corrected chi connectivity index (χ3v) is 3.52. The molecule has 0 atom stereocenters. The lowest BCUT2D eigenvalue weighted by Crippen LogP contribution is -2.00. The van der Waals surface area contributed by atoms with Gasteiger partial charge in [0.05, 0.1) is 12.7 Å². The van der Waals surface area contributed by atoms with Crippen molar-refractivity contribution in [3.05, 3.63) is 47.2 Å². The highest BCUT2D eigenvalue weighted by molar-refractivity contribution is 5.64. The van der Waals surface area contributed by atoms with Crippen molar-refractivity contribution in [3.63, 3.8) is 0 Å². The lowest BCUT2D eigenvalue weighted by atomic mass is 10.1. The van der Waals surface area contributed by atoms with Crippen LogP contribution in [0, 0.1) is 11.3 Å². The lowest BCUT2D eigenvalue weighted by Gasteiger charge is -2.10. The van der Waals surface area contributed by atoms with E-state index in [-0.39, 0.29) is 0 Å². The predicted octanol–water partition coefficient (Wildman–Crippen LogP) is 3.19. The van der Waals surface area contributed by atoms with E-state index < -0.39 is 0 Å². The summed E-state index contributed by atoms with van der Waals surface area (Å²) in [5.41, 5.74) is 3.82. The lowest BCUT2D eigenvalue weighted by molar-refractivity contribution is 0.415. The van der Waals surface area contributed by atoms with Crippen LogP contribution in [0.25, 0.3) is 0 Å². The topological polar surface area (TPSA) is 57.9 Å². The van der Waals surface area contributed by atoms with Crippen LogP contribution >= 0.6 is 0 Å². The molecule has 1 heterocycles. The fourth-order valence-electron chi connectivity index (χ4n) is 2.46. The Hall–Kier alpha value is -2.54. The molecular formula is C16H15N3O. The summed E-state index contributed by atoms with van der Waals surface area (Å²) in [4.78, 5) is 4.60. The molecule has 0 fully saturated rings. The number of ether oxygens (including phenoxy) is 1. The average molecular weight is 265 g/mol. The Morgan fingerprint density at radius 1 is 1.25 bits per heavy atom. The van der Waals surface area contributed by atoms with Crippen LogP contribution in [0.15, 0.2) is 30.3 Å². The molecule has 0 aliphatic heterocycles. The van der Waals surface area contributed by atoms with E-state index in [2.05, 4.69) is 16.4 Å². The summed E-state index contributed by atoms with van der Waals surface area (Å²) < 4.78 is 5.13. The number of fused-ring (bicyclic) bond motifs is 1. The number of methoxy groups -OCH3 is 1. The highest BCUT2D eigenvalue weighted by Gasteiger charge is 2.16. The Morgan fingerprint density at radius 2 is 2.05 bits per heavy atom. The molecule has 2 aromatic rings. The van der Waals surface area contributed by atoms with Gasteiger partial charge >= 0.3 is 0 Å². The van der Waals surface area contributed by atoms with Crippen molar-refractivity contribution in [1.29, 1.82) is 5.26 Å². The minimum atomic E-state index is 0.599. The molecule has 3 rings (SSSR count). The number of aryl methyl sites for hydroxylation is 2. The molecule has 1 aromatic carbocycles. The van der Waals surface area contributed by atoms with Gasteiger partial charge in [0.1, 0.15) is 17.6 Å². The SMILES string of the molecule is COc1ccc(Nc2nc3c(cc2C#N)CCC3)cc1. The molecule has 0 bridgehead atoms. The van der Waals surface area contributed by atoms with Crippen molar-refractivity contribution in [2.45, 2.75) is 19.3 Å². The standard InChI is InChI=1S/C16H15N3O/c1-20-14-7-5-13(6-8-14)18-16-12(10-17)9-11-3-2-4-15(11)19-16/h5-9H,2-4H2,1H3,(H,18,19). The molecule has 100 valence electrons. The van der Waals surface area contributed by atoms with Crippen LogP contribution in [0.1, 0.15) is 23.2 Å². The summed E-state index contributed by atoms with van der Waals surface area (Å²) in [6.45, 7) is 0. The Kier molecular flexibility index (Phi) is 3.26. The first-order valence-electron chi connectivity index (χ1n) is 6.64. The summed E-state index contributed by atoms with van der Waals surface area (Å²) in [6.07, 6.45) is 3.15. The first-order chi connectivity index (χ1) is 9.80. The molecule has 1 N–H and O–H groups in total. The summed E-state index contributed by atoms with van der Waals surface area (Å²) in [5.74, 6) is 1.44. The Morgan fingerprint density at radius 3 is 2.75 bits per heavy atom. The van der Waals surface area contributed by atoms with Crippen LogP contribution in [0.3, 0.4) is 0 Å². The molecule has 1 aliphatic rings. The quantitative estimate of drug-likeness (QED) is 0.925. The van der Waals surface area contributed by atoms with Crippen LogP contribution in [-0.2, 0) is 12.8 Å². The van der Waals surface area contributed by atoms with Crippen molar-refractivity contribution in [2.24, 2.45) is 0 Å². The Balaban J connectivity index is 1.91. The molecule has 20 heavy (non-hydrogen) atoms. The van der Waals surface area contributed by atoms with Gasteiger partial charge in [-0.2, -0.15) is 5.26 Å². The minimum Gasteiger partial charge on any atom is -0.497 e. The van der Waals surface area contributed by atoms with E-state index >= 15 is 0 Å². The number of hydrogen-bond donors (Lipinski definition) is 1. The molecule has 0 unspecified atom stereocenters. The molecule has 0 amide bonds. The normalized spacial score (nSPS) is 12.6. The minimum absolute atomic E-state index is 0.599. The number of nitriles is 1. The Bertz CT molecular complexity index is 671. The van der Waals surface area contributed by atoms with Crippen LogP contribution in [-0.4, -0.2) is 12.1 Å². The number of pyridine rings is 1. The summed E-state index contributed by atoms with van der Waals surface area (Å²) >= 11 is 0. The molecular weight excluding hydrogens is 250 g/mol. The van der Waals surface area contributed by atoms with E-state index in [4.69, 9.17) is 4.74 Å². The number of aromatic nitrogens is 1. The van der Waals surface area contributed by atoms with Gasteiger partial charge in [-0.25, -0.2) is 4.98 Å². The van der Waals surface area contributed by atoms with Crippen LogP contribution in [0.4, 0.5) is 11.5 Å². The molecule has 1 aromatic heterocycles. The number of hydrogen-bond acceptors (Lipinski definition) is 4. The van der Waals surface area contributed by atoms with Gasteiger partial charge in [0.15, 0.2) is 0 Å². The van der Waals surface area contributed by atoms with E-state index in [1.807, 2.05) is 30.3 Å². The van der Waals surface area contributed by atoms with Gasteiger partial charge in [-0.1, -0.05) is 0 Å². The molecule has 0 saturated carbocycles. The number of benzene rings is 1. The van der Waals surface area contributed by atoms with Crippen LogP contribution < -0.4 is 10.1 Å². The average Bonchev–Trinajstić information content (AvgIpc) is 2.94. The van der Waals surface area contributed by atoms with Gasteiger partial charge < -0.3 is 10.1 Å². The summed E-state index contributed by atoms with van der Waals surface area (Å²) in [5, 5.41) is 12.5. The molecule has 0 saturated heterocycles. The van der Waals surface area contributed by atoms with Gasteiger partial charge in [-0.15, -0.1) is 0 Å². The van der Waals surface area contributed by atoms with Crippen molar-refractivity contribution in [1.82, 2.24) is 4.98 Å². The van der Waals surface area contributed by atoms with Gasteiger partial charge in [-0.3, -0.25) is 0 Å². The van der Waals surface area contributed by atoms with Gasteiger partial charge in [0, 0.05) is 11.4 Å². The second-order valence-corrected chi connectivity index (χ2v) is 4.81. The van der Waals surface area contributed by atoms with E-state index in [9.17, 15) is 5.26 Å². The number of nitrogens with one attached hydrogen (secondary N) is 1. The zero-order valence-electron chi connectivity index (χ0n) is 11.3.